The molecule has 0 saturated heterocycles. The van der Waals surface area contributed by atoms with Crippen LogP contribution in [0.1, 0.15) is 54.9 Å². The first-order chi connectivity index (χ1) is 13.7. The maximum Gasteiger partial charge on any atom is 0.255 e. The molecule has 2 atom stereocenters. The van der Waals surface area contributed by atoms with Crippen LogP contribution in [0.5, 0.6) is 0 Å². The van der Waals surface area contributed by atoms with Crippen molar-refractivity contribution in [2.45, 2.75) is 50.3 Å². The smallest absolute Gasteiger partial charge is 0.255 e. The molecule has 2 aromatic carbocycles. The van der Waals surface area contributed by atoms with Gasteiger partial charge in [0.25, 0.3) is 5.91 Å². The molecule has 0 bridgehead atoms. The molecule has 2 aromatic rings. The molecule has 1 amide bonds. The molecule has 5 nitrogen and oxygen atoms in total. The van der Waals surface area contributed by atoms with Crippen molar-refractivity contribution >= 4 is 21.6 Å². The Hall–Kier alpha value is -2.32. The van der Waals surface area contributed by atoms with Gasteiger partial charge in [-0.15, -0.1) is 0 Å². The van der Waals surface area contributed by atoms with Gasteiger partial charge in [-0.3, -0.25) is 4.79 Å². The molecule has 29 heavy (non-hydrogen) atoms. The minimum absolute atomic E-state index is 0.0607. The Morgan fingerprint density at radius 3 is 2.24 bits per heavy atom. The van der Waals surface area contributed by atoms with Crippen molar-refractivity contribution in [3.05, 3.63) is 65.2 Å². The topological polar surface area (TPSA) is 75.3 Å². The number of sulfonamides is 1. The van der Waals surface area contributed by atoms with E-state index in [4.69, 9.17) is 0 Å². The lowest BCUT2D eigenvalue weighted by atomic mass is 9.94. The summed E-state index contributed by atoms with van der Waals surface area (Å²) in [7, 11) is -3.35. The second kappa shape index (κ2) is 8.59. The maximum atomic E-state index is 13.3. The second-order valence-electron chi connectivity index (χ2n) is 7.59. The quantitative estimate of drug-likeness (QED) is 0.733. The molecule has 8 heteroatoms. The van der Waals surface area contributed by atoms with Crippen molar-refractivity contribution < 1.29 is 22.0 Å². The van der Waals surface area contributed by atoms with Crippen molar-refractivity contribution in [2.75, 3.05) is 5.32 Å². The van der Waals surface area contributed by atoms with Crippen LogP contribution >= 0.6 is 0 Å². The molecule has 1 saturated carbocycles. The summed E-state index contributed by atoms with van der Waals surface area (Å²) < 4.78 is 53.8. The predicted molar refractivity (Wildman–Crippen MR) is 108 cm³/mol. The number of hydrogen-bond donors (Lipinski definition) is 2. The Labute approximate surface area is 169 Å². The van der Waals surface area contributed by atoms with Crippen molar-refractivity contribution in [1.82, 2.24) is 4.72 Å². The van der Waals surface area contributed by atoms with Gasteiger partial charge in [0.15, 0.2) is 0 Å². The highest BCUT2D eigenvalue weighted by Gasteiger charge is 2.32. The maximum absolute atomic E-state index is 13.3. The average molecular weight is 422 g/mol. The highest BCUT2D eigenvalue weighted by atomic mass is 32.2. The number of rotatable bonds is 6. The lowest BCUT2D eigenvalue weighted by Gasteiger charge is -2.23. The van der Waals surface area contributed by atoms with E-state index in [1.165, 1.54) is 0 Å². The lowest BCUT2D eigenvalue weighted by Crippen LogP contribution is -2.40. The van der Waals surface area contributed by atoms with E-state index in [9.17, 15) is 22.0 Å². The summed E-state index contributed by atoms with van der Waals surface area (Å²) in [5.74, 6) is -2.19. The molecule has 3 rings (SSSR count). The number of halogens is 2. The van der Waals surface area contributed by atoms with Crippen molar-refractivity contribution in [1.29, 1.82) is 0 Å². The highest BCUT2D eigenvalue weighted by Crippen LogP contribution is 2.35. The summed E-state index contributed by atoms with van der Waals surface area (Å²) >= 11 is 0. The van der Waals surface area contributed by atoms with E-state index in [0.717, 1.165) is 37.0 Å². The van der Waals surface area contributed by atoms with Crippen LogP contribution in [0, 0.1) is 11.6 Å². The molecular formula is C21H24F2N2O3S. The molecule has 156 valence electrons. The van der Waals surface area contributed by atoms with Crippen molar-refractivity contribution in [2.24, 2.45) is 0 Å². The third kappa shape index (κ3) is 5.19. The van der Waals surface area contributed by atoms with E-state index >= 15 is 0 Å². The molecule has 1 aliphatic carbocycles. The minimum atomic E-state index is -3.35. The predicted octanol–water partition coefficient (Wildman–Crippen LogP) is 4.18. The van der Waals surface area contributed by atoms with Crippen LogP contribution in [0.3, 0.4) is 0 Å². The summed E-state index contributed by atoms with van der Waals surface area (Å²) in [4.78, 5) is 12.2. The third-order valence-corrected chi connectivity index (χ3v) is 7.05. The van der Waals surface area contributed by atoms with E-state index in [2.05, 4.69) is 10.0 Å². The van der Waals surface area contributed by atoms with Crippen LogP contribution in [0.15, 0.2) is 42.5 Å². The Morgan fingerprint density at radius 2 is 1.66 bits per heavy atom. The normalized spacial score (nSPS) is 19.5. The van der Waals surface area contributed by atoms with Gasteiger partial charge in [-0.05, 0) is 56.5 Å². The largest absolute Gasteiger partial charge is 0.322 e. The molecule has 0 aliphatic heterocycles. The molecule has 0 radical (unpaired) electrons. The van der Waals surface area contributed by atoms with Gasteiger partial charge in [0.05, 0.1) is 5.25 Å². The van der Waals surface area contributed by atoms with Gasteiger partial charge in [-0.1, -0.05) is 18.6 Å². The molecule has 0 heterocycles. The number of carbonyl (C=O) groups is 1. The number of carbonyl (C=O) groups excluding carboxylic acids is 1. The van der Waals surface area contributed by atoms with Crippen molar-refractivity contribution in [3.8, 4) is 0 Å². The fourth-order valence-corrected chi connectivity index (χ4v) is 4.53. The fraction of sp³-hybridized carbons (Fsp3) is 0.381. The molecule has 0 unspecified atom stereocenters. The molecule has 2 N–H and O–H groups in total. The van der Waals surface area contributed by atoms with Crippen LogP contribution < -0.4 is 10.0 Å². The third-order valence-electron chi connectivity index (χ3n) is 5.17. The number of amides is 1. The Bertz CT molecular complexity index is 971. The fourth-order valence-electron chi connectivity index (χ4n) is 3.55. The van der Waals surface area contributed by atoms with Crippen LogP contribution in [-0.4, -0.2) is 25.6 Å². The van der Waals surface area contributed by atoms with Gasteiger partial charge in [0.2, 0.25) is 10.0 Å². The monoisotopic (exact) mass is 422 g/mol. The van der Waals surface area contributed by atoms with Gasteiger partial charge in [-0.25, -0.2) is 21.9 Å². The SMILES string of the molecule is CC(C)S(=O)(=O)N[C@@H]1CCC[C@@H]1c1ccc(NC(=O)c2cc(F)cc(F)c2)cc1. The number of benzene rings is 2. The lowest BCUT2D eigenvalue weighted by molar-refractivity contribution is 0.102. The summed E-state index contributed by atoms with van der Waals surface area (Å²) in [6.45, 7) is 3.29. The molecule has 1 aliphatic rings. The summed E-state index contributed by atoms with van der Waals surface area (Å²) in [6, 6.07) is 9.58. The van der Waals surface area contributed by atoms with Crippen molar-refractivity contribution in [3.63, 3.8) is 0 Å². The number of hydrogen-bond acceptors (Lipinski definition) is 3. The van der Waals surface area contributed by atoms with E-state index in [0.29, 0.717) is 11.8 Å². The van der Waals surface area contributed by atoms with Gasteiger partial charge >= 0.3 is 0 Å². The molecular weight excluding hydrogens is 398 g/mol. The van der Waals surface area contributed by atoms with Crippen LogP contribution in [0.25, 0.3) is 0 Å². The minimum Gasteiger partial charge on any atom is -0.322 e. The zero-order chi connectivity index (χ0) is 21.2. The summed E-state index contributed by atoms with van der Waals surface area (Å²) in [6.07, 6.45) is 2.58. The van der Waals surface area contributed by atoms with Gasteiger partial charge in [-0.2, -0.15) is 0 Å². The van der Waals surface area contributed by atoms with Gasteiger partial charge in [0.1, 0.15) is 11.6 Å². The van der Waals surface area contributed by atoms with E-state index in [1.54, 1.807) is 26.0 Å². The average Bonchev–Trinajstić information content (AvgIpc) is 3.08. The van der Waals surface area contributed by atoms with Crippen LogP contribution in [-0.2, 0) is 10.0 Å². The highest BCUT2D eigenvalue weighted by molar-refractivity contribution is 7.90. The Morgan fingerprint density at radius 1 is 1.03 bits per heavy atom. The second-order valence-corrected chi connectivity index (χ2v) is 9.86. The first-order valence-electron chi connectivity index (χ1n) is 9.54. The summed E-state index contributed by atoms with van der Waals surface area (Å²) in [5, 5.41) is 2.12. The molecule has 0 aromatic heterocycles. The molecule has 1 fully saturated rings. The van der Waals surface area contributed by atoms with Crippen LogP contribution in [0.4, 0.5) is 14.5 Å². The van der Waals surface area contributed by atoms with Gasteiger partial charge < -0.3 is 5.32 Å². The van der Waals surface area contributed by atoms with E-state index in [-0.39, 0.29) is 17.5 Å². The van der Waals surface area contributed by atoms with Crippen LogP contribution in [0.2, 0.25) is 0 Å². The zero-order valence-electron chi connectivity index (χ0n) is 16.3. The zero-order valence-corrected chi connectivity index (χ0v) is 17.1. The number of anilines is 1. The van der Waals surface area contributed by atoms with E-state index < -0.39 is 32.8 Å². The Kier molecular flexibility index (Phi) is 6.33. The summed E-state index contributed by atoms with van der Waals surface area (Å²) in [5.41, 5.74) is 1.36. The first kappa shape index (κ1) is 21.4. The number of nitrogens with one attached hydrogen (secondary N) is 2. The van der Waals surface area contributed by atoms with E-state index in [1.807, 2.05) is 12.1 Å². The Balaban J connectivity index is 1.70. The molecule has 0 spiro atoms. The van der Waals surface area contributed by atoms with Gasteiger partial charge in [0, 0.05) is 29.3 Å². The standard InChI is InChI=1S/C21H24F2N2O3S/c1-13(2)29(27,28)25-20-5-3-4-19(20)14-6-8-18(9-7-14)24-21(26)15-10-16(22)12-17(23)11-15/h6-13,19-20,25H,3-5H2,1-2H3,(H,24,26)/t19-,20-/m1/s1. The first-order valence-corrected chi connectivity index (χ1v) is 11.1.